The average molecular weight is 216 g/mol. The van der Waals surface area contributed by atoms with E-state index < -0.39 is 6.36 Å². The SMILES string of the molecule is CC(F)Oc1ccc(-c2ccccc2)cc1. The van der Waals surface area contributed by atoms with Gasteiger partial charge in [-0.05, 0) is 23.3 Å². The van der Waals surface area contributed by atoms with Gasteiger partial charge in [0.2, 0.25) is 6.36 Å². The number of rotatable bonds is 3. The lowest BCUT2D eigenvalue weighted by Crippen LogP contribution is -2.03. The highest BCUT2D eigenvalue weighted by atomic mass is 19.1. The van der Waals surface area contributed by atoms with Gasteiger partial charge in [-0.1, -0.05) is 42.5 Å². The van der Waals surface area contributed by atoms with Gasteiger partial charge in [-0.3, -0.25) is 0 Å². The van der Waals surface area contributed by atoms with Gasteiger partial charge in [0, 0.05) is 6.92 Å². The molecule has 0 saturated carbocycles. The lowest BCUT2D eigenvalue weighted by molar-refractivity contribution is 0.0861. The molecule has 1 unspecified atom stereocenters. The van der Waals surface area contributed by atoms with Crippen LogP contribution >= 0.6 is 0 Å². The molecule has 0 aliphatic rings. The molecule has 2 rings (SSSR count). The second-order valence-electron chi connectivity index (χ2n) is 3.55. The molecule has 2 aromatic carbocycles. The van der Waals surface area contributed by atoms with E-state index in [1.165, 1.54) is 6.92 Å². The molecule has 82 valence electrons. The molecule has 0 aliphatic carbocycles. The quantitative estimate of drug-likeness (QED) is 0.752. The summed E-state index contributed by atoms with van der Waals surface area (Å²) in [5.41, 5.74) is 2.24. The van der Waals surface area contributed by atoms with Crippen molar-refractivity contribution in [2.24, 2.45) is 0 Å². The van der Waals surface area contributed by atoms with E-state index in [9.17, 15) is 4.39 Å². The van der Waals surface area contributed by atoms with Gasteiger partial charge in [0.1, 0.15) is 5.75 Å². The van der Waals surface area contributed by atoms with Crippen LogP contribution in [0.25, 0.3) is 11.1 Å². The van der Waals surface area contributed by atoms with Crippen molar-refractivity contribution in [1.82, 2.24) is 0 Å². The molecular formula is C14H13FO. The van der Waals surface area contributed by atoms with Crippen molar-refractivity contribution >= 4 is 0 Å². The zero-order valence-corrected chi connectivity index (χ0v) is 9.06. The minimum atomic E-state index is -1.28. The summed E-state index contributed by atoms with van der Waals surface area (Å²) >= 11 is 0. The molecule has 0 amide bonds. The smallest absolute Gasteiger partial charge is 0.235 e. The fourth-order valence-electron chi connectivity index (χ4n) is 1.54. The van der Waals surface area contributed by atoms with E-state index in [1.807, 2.05) is 42.5 Å². The van der Waals surface area contributed by atoms with Gasteiger partial charge < -0.3 is 4.74 Å². The number of alkyl halides is 1. The summed E-state index contributed by atoms with van der Waals surface area (Å²) in [7, 11) is 0. The van der Waals surface area contributed by atoms with Gasteiger partial charge >= 0.3 is 0 Å². The average Bonchev–Trinajstić information content (AvgIpc) is 2.30. The fraction of sp³-hybridized carbons (Fsp3) is 0.143. The Morgan fingerprint density at radius 1 is 0.875 bits per heavy atom. The normalized spacial score (nSPS) is 12.1. The Bertz CT molecular complexity index is 434. The van der Waals surface area contributed by atoms with Crippen molar-refractivity contribution in [2.45, 2.75) is 13.3 Å². The molecule has 0 bridgehead atoms. The first kappa shape index (κ1) is 10.7. The third-order valence-corrected chi connectivity index (χ3v) is 2.26. The van der Waals surface area contributed by atoms with Gasteiger partial charge in [-0.15, -0.1) is 0 Å². The van der Waals surface area contributed by atoms with Crippen LogP contribution in [0.3, 0.4) is 0 Å². The first-order chi connectivity index (χ1) is 7.75. The molecule has 0 radical (unpaired) electrons. The zero-order valence-electron chi connectivity index (χ0n) is 9.06. The van der Waals surface area contributed by atoms with Crippen LogP contribution in [0.2, 0.25) is 0 Å². The van der Waals surface area contributed by atoms with Gasteiger partial charge in [0.05, 0.1) is 0 Å². The second-order valence-corrected chi connectivity index (χ2v) is 3.55. The summed E-state index contributed by atoms with van der Waals surface area (Å²) in [6.45, 7) is 1.37. The Labute approximate surface area is 94.5 Å². The Morgan fingerprint density at radius 3 is 2.00 bits per heavy atom. The largest absolute Gasteiger partial charge is 0.461 e. The number of halogens is 1. The summed E-state index contributed by atoms with van der Waals surface area (Å²) in [5.74, 6) is 0.551. The minimum absolute atomic E-state index is 0.551. The van der Waals surface area contributed by atoms with Gasteiger partial charge in [0.25, 0.3) is 0 Å². The highest BCUT2D eigenvalue weighted by molar-refractivity contribution is 5.63. The molecule has 2 heteroatoms. The molecular weight excluding hydrogens is 203 g/mol. The van der Waals surface area contributed by atoms with Crippen molar-refractivity contribution in [3.8, 4) is 16.9 Å². The number of hydrogen-bond acceptors (Lipinski definition) is 1. The predicted octanol–water partition coefficient (Wildman–Crippen LogP) is 4.05. The van der Waals surface area contributed by atoms with Crippen molar-refractivity contribution in [3.05, 3.63) is 54.6 Å². The van der Waals surface area contributed by atoms with E-state index in [4.69, 9.17) is 4.74 Å². The maximum absolute atomic E-state index is 12.6. The van der Waals surface area contributed by atoms with Crippen molar-refractivity contribution in [2.75, 3.05) is 0 Å². The molecule has 16 heavy (non-hydrogen) atoms. The number of ether oxygens (including phenoxy) is 1. The maximum atomic E-state index is 12.6. The van der Waals surface area contributed by atoms with Crippen LogP contribution in [0.1, 0.15) is 6.92 Å². The highest BCUT2D eigenvalue weighted by Gasteiger charge is 2.01. The van der Waals surface area contributed by atoms with Crippen LogP contribution in [0.5, 0.6) is 5.75 Å². The van der Waals surface area contributed by atoms with Gasteiger partial charge in [-0.25, -0.2) is 4.39 Å². The lowest BCUT2D eigenvalue weighted by atomic mass is 10.1. The number of benzene rings is 2. The van der Waals surface area contributed by atoms with Crippen LogP contribution in [-0.2, 0) is 0 Å². The van der Waals surface area contributed by atoms with Gasteiger partial charge in [-0.2, -0.15) is 0 Å². The molecule has 0 saturated heterocycles. The van der Waals surface area contributed by atoms with E-state index in [0.717, 1.165) is 11.1 Å². The second kappa shape index (κ2) is 4.79. The molecule has 2 aromatic rings. The molecule has 1 atom stereocenters. The van der Waals surface area contributed by atoms with E-state index in [1.54, 1.807) is 12.1 Å². The highest BCUT2D eigenvalue weighted by Crippen LogP contribution is 2.22. The van der Waals surface area contributed by atoms with Crippen LogP contribution in [-0.4, -0.2) is 6.36 Å². The third kappa shape index (κ3) is 2.60. The fourth-order valence-corrected chi connectivity index (χ4v) is 1.54. The molecule has 0 fully saturated rings. The van der Waals surface area contributed by atoms with E-state index in [-0.39, 0.29) is 0 Å². The van der Waals surface area contributed by atoms with E-state index >= 15 is 0 Å². The van der Waals surface area contributed by atoms with Crippen LogP contribution < -0.4 is 4.74 Å². The van der Waals surface area contributed by atoms with Crippen LogP contribution in [0.15, 0.2) is 54.6 Å². The summed E-state index contributed by atoms with van der Waals surface area (Å²) in [5, 5.41) is 0. The van der Waals surface area contributed by atoms with Crippen LogP contribution in [0, 0.1) is 0 Å². The molecule has 0 spiro atoms. The summed E-state index contributed by atoms with van der Waals surface area (Å²) in [6.07, 6.45) is -1.28. The molecule has 0 heterocycles. The van der Waals surface area contributed by atoms with Gasteiger partial charge in [0.15, 0.2) is 0 Å². The van der Waals surface area contributed by atoms with Crippen molar-refractivity contribution in [3.63, 3.8) is 0 Å². The molecule has 0 aromatic heterocycles. The minimum Gasteiger partial charge on any atom is -0.461 e. The summed E-state index contributed by atoms with van der Waals surface area (Å²) in [6, 6.07) is 17.4. The summed E-state index contributed by atoms with van der Waals surface area (Å²) in [4.78, 5) is 0. The monoisotopic (exact) mass is 216 g/mol. The number of hydrogen-bond donors (Lipinski definition) is 0. The Kier molecular flexibility index (Phi) is 3.20. The Balaban J connectivity index is 2.20. The van der Waals surface area contributed by atoms with E-state index in [0.29, 0.717) is 5.75 Å². The third-order valence-electron chi connectivity index (χ3n) is 2.26. The van der Waals surface area contributed by atoms with E-state index in [2.05, 4.69) is 0 Å². The molecule has 0 aliphatic heterocycles. The topological polar surface area (TPSA) is 9.23 Å². The first-order valence-corrected chi connectivity index (χ1v) is 5.22. The van der Waals surface area contributed by atoms with Crippen molar-refractivity contribution < 1.29 is 9.13 Å². The van der Waals surface area contributed by atoms with Crippen LogP contribution in [0.4, 0.5) is 4.39 Å². The standard InChI is InChI=1S/C14H13FO/c1-11(15)16-14-9-7-13(8-10-14)12-5-3-2-4-6-12/h2-11H,1H3. The molecule has 1 nitrogen and oxygen atoms in total. The summed E-state index contributed by atoms with van der Waals surface area (Å²) < 4.78 is 17.5. The first-order valence-electron chi connectivity index (χ1n) is 5.22. The molecule has 0 N–H and O–H groups in total. The predicted molar refractivity (Wildman–Crippen MR) is 63.1 cm³/mol. The Morgan fingerprint density at radius 2 is 1.44 bits per heavy atom. The zero-order chi connectivity index (χ0) is 11.4. The lowest BCUT2D eigenvalue weighted by Gasteiger charge is -2.07. The maximum Gasteiger partial charge on any atom is 0.235 e. The Hall–Kier alpha value is -1.83. The van der Waals surface area contributed by atoms with Crippen molar-refractivity contribution in [1.29, 1.82) is 0 Å².